The van der Waals surface area contributed by atoms with Gasteiger partial charge in [-0.2, -0.15) is 0 Å². The zero-order chi connectivity index (χ0) is 23.7. The van der Waals surface area contributed by atoms with E-state index in [1.807, 2.05) is 30.3 Å². The third-order valence-corrected chi connectivity index (χ3v) is 6.85. The van der Waals surface area contributed by atoms with Crippen molar-refractivity contribution in [1.29, 1.82) is 0 Å². The number of rotatable bonds is 8. The third kappa shape index (κ3) is 4.02. The molecule has 5 rings (SSSR count). The molecule has 7 nitrogen and oxygen atoms in total. The van der Waals surface area contributed by atoms with Crippen molar-refractivity contribution in [1.82, 2.24) is 14.7 Å². The maximum absolute atomic E-state index is 12.9. The van der Waals surface area contributed by atoms with E-state index in [1.165, 1.54) is 9.80 Å². The van der Waals surface area contributed by atoms with Gasteiger partial charge < -0.3 is 0 Å². The second-order valence-corrected chi connectivity index (χ2v) is 9.17. The molecular formula is C26H21N3O4S. The van der Waals surface area contributed by atoms with Crippen LogP contribution >= 0.6 is 11.8 Å². The van der Waals surface area contributed by atoms with Gasteiger partial charge in [0.1, 0.15) is 0 Å². The van der Waals surface area contributed by atoms with Gasteiger partial charge in [-0.1, -0.05) is 42.5 Å². The number of imide groups is 2. The van der Waals surface area contributed by atoms with Crippen molar-refractivity contribution in [2.75, 3.05) is 25.6 Å². The van der Waals surface area contributed by atoms with E-state index in [0.29, 0.717) is 34.6 Å². The Kier molecular flexibility index (Phi) is 6.00. The molecule has 3 aromatic carbocycles. The summed E-state index contributed by atoms with van der Waals surface area (Å²) in [5.74, 6) is -0.837. The predicted molar refractivity (Wildman–Crippen MR) is 127 cm³/mol. The SMILES string of the molecule is O=C1c2ccccc2C(=O)N1CN(CCSc1ccccc1)CN1C(=O)c2ccccc2C1=O. The lowest BCUT2D eigenvalue weighted by Crippen LogP contribution is -2.48. The number of thioether (sulfide) groups is 1. The van der Waals surface area contributed by atoms with Crippen LogP contribution in [0, 0.1) is 0 Å². The van der Waals surface area contributed by atoms with Crippen LogP contribution in [-0.2, 0) is 0 Å². The van der Waals surface area contributed by atoms with E-state index in [0.717, 1.165) is 4.90 Å². The summed E-state index contributed by atoms with van der Waals surface area (Å²) in [5.41, 5.74) is 1.47. The lowest BCUT2D eigenvalue weighted by atomic mass is 10.1. The van der Waals surface area contributed by atoms with Gasteiger partial charge in [-0.15, -0.1) is 11.8 Å². The highest BCUT2D eigenvalue weighted by Crippen LogP contribution is 2.26. The van der Waals surface area contributed by atoms with E-state index in [2.05, 4.69) is 0 Å². The molecule has 0 saturated carbocycles. The second-order valence-electron chi connectivity index (χ2n) is 8.01. The Labute approximate surface area is 201 Å². The maximum Gasteiger partial charge on any atom is 0.262 e. The lowest BCUT2D eigenvalue weighted by molar-refractivity contribution is 0.0410. The number of carbonyl (C=O) groups excluding carboxylic acids is 4. The van der Waals surface area contributed by atoms with Gasteiger partial charge in [0.05, 0.1) is 35.6 Å². The minimum absolute atomic E-state index is 0.0187. The van der Waals surface area contributed by atoms with Crippen LogP contribution < -0.4 is 0 Å². The van der Waals surface area contributed by atoms with E-state index < -0.39 is 0 Å². The van der Waals surface area contributed by atoms with Crippen molar-refractivity contribution in [3.05, 3.63) is 101 Å². The monoisotopic (exact) mass is 471 g/mol. The van der Waals surface area contributed by atoms with Crippen LogP contribution in [0.4, 0.5) is 0 Å². The van der Waals surface area contributed by atoms with Gasteiger partial charge in [0.2, 0.25) is 0 Å². The predicted octanol–water partition coefficient (Wildman–Crippen LogP) is 3.59. The Hall–Kier alpha value is -3.75. The summed E-state index contributed by atoms with van der Waals surface area (Å²) in [7, 11) is 0. The van der Waals surface area contributed by atoms with Crippen molar-refractivity contribution in [3.8, 4) is 0 Å². The topological polar surface area (TPSA) is 78.0 Å². The summed E-state index contributed by atoms with van der Waals surface area (Å²) in [6, 6.07) is 23.3. The third-order valence-electron chi connectivity index (χ3n) is 5.86. The zero-order valence-corrected chi connectivity index (χ0v) is 19.0. The normalized spacial score (nSPS) is 14.9. The fourth-order valence-corrected chi connectivity index (χ4v) is 5.07. The maximum atomic E-state index is 12.9. The van der Waals surface area contributed by atoms with Gasteiger partial charge in [-0.05, 0) is 36.4 Å². The van der Waals surface area contributed by atoms with Crippen molar-refractivity contribution >= 4 is 35.4 Å². The highest BCUT2D eigenvalue weighted by Gasteiger charge is 2.39. The van der Waals surface area contributed by atoms with Crippen LogP contribution in [-0.4, -0.2) is 64.0 Å². The van der Waals surface area contributed by atoms with Gasteiger partial charge in [-0.25, -0.2) is 0 Å². The molecule has 0 spiro atoms. The Morgan fingerprint density at radius 1 is 0.559 bits per heavy atom. The average Bonchev–Trinajstić information content (AvgIpc) is 3.25. The molecule has 8 heteroatoms. The van der Waals surface area contributed by atoms with Crippen LogP contribution in [0.5, 0.6) is 0 Å². The summed E-state index contributed by atoms with van der Waals surface area (Å²) in [6.07, 6.45) is 0. The zero-order valence-electron chi connectivity index (χ0n) is 18.2. The molecule has 4 amide bonds. The van der Waals surface area contributed by atoms with Crippen molar-refractivity contribution in [2.45, 2.75) is 4.90 Å². The largest absolute Gasteiger partial charge is 0.269 e. The number of carbonyl (C=O) groups is 4. The molecule has 2 aliphatic heterocycles. The highest BCUT2D eigenvalue weighted by molar-refractivity contribution is 7.99. The number of fused-ring (bicyclic) bond motifs is 2. The summed E-state index contributed by atoms with van der Waals surface area (Å²) in [5, 5.41) is 0. The first kappa shape index (κ1) is 22.1. The van der Waals surface area contributed by atoms with Crippen molar-refractivity contribution in [3.63, 3.8) is 0 Å². The Balaban J connectivity index is 1.35. The molecule has 0 atom stereocenters. The van der Waals surface area contributed by atoms with Crippen molar-refractivity contribution in [2.24, 2.45) is 0 Å². The molecule has 2 aliphatic rings. The van der Waals surface area contributed by atoms with E-state index in [4.69, 9.17) is 0 Å². The second kappa shape index (κ2) is 9.24. The molecule has 0 saturated heterocycles. The molecule has 0 aromatic heterocycles. The van der Waals surface area contributed by atoms with E-state index in [9.17, 15) is 19.2 Å². The fraction of sp³-hybridized carbons (Fsp3) is 0.154. The minimum atomic E-state index is -0.372. The quantitative estimate of drug-likeness (QED) is 0.369. The van der Waals surface area contributed by atoms with Crippen LogP contribution in [0.3, 0.4) is 0 Å². The molecule has 170 valence electrons. The van der Waals surface area contributed by atoms with Gasteiger partial charge in [0.25, 0.3) is 23.6 Å². The molecule has 34 heavy (non-hydrogen) atoms. The molecule has 0 unspecified atom stereocenters. The van der Waals surface area contributed by atoms with Crippen molar-refractivity contribution < 1.29 is 19.2 Å². The number of hydrogen-bond acceptors (Lipinski definition) is 6. The van der Waals surface area contributed by atoms with E-state index >= 15 is 0 Å². The van der Waals surface area contributed by atoms with E-state index in [-0.39, 0.29) is 37.0 Å². The lowest BCUT2D eigenvalue weighted by Gasteiger charge is -2.29. The first-order chi connectivity index (χ1) is 16.5. The minimum Gasteiger partial charge on any atom is -0.269 e. The summed E-state index contributed by atoms with van der Waals surface area (Å²) >= 11 is 1.62. The molecule has 0 fully saturated rings. The van der Waals surface area contributed by atoms with Crippen LogP contribution in [0.25, 0.3) is 0 Å². The Morgan fingerprint density at radius 3 is 1.35 bits per heavy atom. The number of hydrogen-bond donors (Lipinski definition) is 0. The van der Waals surface area contributed by atoms with Crippen LogP contribution in [0.2, 0.25) is 0 Å². The summed E-state index contributed by atoms with van der Waals surface area (Å²) < 4.78 is 0. The molecule has 0 bridgehead atoms. The Bertz CT molecular complexity index is 1150. The molecule has 2 heterocycles. The number of amides is 4. The Morgan fingerprint density at radius 2 is 0.941 bits per heavy atom. The summed E-state index contributed by atoms with van der Waals surface area (Å²) in [6.45, 7) is 0.421. The first-order valence-corrected chi connectivity index (χ1v) is 11.8. The van der Waals surface area contributed by atoms with Gasteiger partial charge in [0.15, 0.2) is 0 Å². The standard InChI is InChI=1S/C26H21N3O4S/c30-23-19-10-4-5-11-20(19)24(31)28(23)16-27(14-15-34-18-8-2-1-3-9-18)17-29-25(32)21-12-6-7-13-22(21)26(29)33/h1-13H,14-17H2. The molecule has 0 radical (unpaired) electrons. The number of nitrogens with zero attached hydrogens (tertiary/aromatic N) is 3. The number of benzene rings is 3. The molecule has 3 aromatic rings. The smallest absolute Gasteiger partial charge is 0.262 e. The van der Waals surface area contributed by atoms with Crippen LogP contribution in [0.1, 0.15) is 41.4 Å². The molecular weight excluding hydrogens is 450 g/mol. The highest BCUT2D eigenvalue weighted by atomic mass is 32.2. The first-order valence-electron chi connectivity index (χ1n) is 10.9. The van der Waals surface area contributed by atoms with Crippen LogP contribution in [0.15, 0.2) is 83.8 Å². The molecule has 0 N–H and O–H groups in total. The van der Waals surface area contributed by atoms with Gasteiger partial charge in [-0.3, -0.25) is 33.9 Å². The van der Waals surface area contributed by atoms with E-state index in [1.54, 1.807) is 65.2 Å². The van der Waals surface area contributed by atoms with Gasteiger partial charge >= 0.3 is 0 Å². The summed E-state index contributed by atoms with van der Waals surface area (Å²) in [4.78, 5) is 56.9. The fourth-order valence-electron chi connectivity index (χ4n) is 4.13. The van der Waals surface area contributed by atoms with Gasteiger partial charge in [0, 0.05) is 17.2 Å². The average molecular weight is 472 g/mol. The molecule has 0 aliphatic carbocycles.